The van der Waals surface area contributed by atoms with E-state index in [-0.39, 0.29) is 0 Å². The van der Waals surface area contributed by atoms with E-state index in [0.29, 0.717) is 44.0 Å². The lowest BCUT2D eigenvalue weighted by Gasteiger charge is -2.38. The summed E-state index contributed by atoms with van der Waals surface area (Å²) < 4.78 is 13.4. The van der Waals surface area contributed by atoms with E-state index >= 15 is 0 Å². The number of aromatic nitrogens is 2. The summed E-state index contributed by atoms with van der Waals surface area (Å²) in [5.74, 6) is 1.08. The van der Waals surface area contributed by atoms with Crippen molar-refractivity contribution in [2.45, 2.75) is 38.5 Å². The maximum absolute atomic E-state index is 12.0. The fourth-order valence-corrected chi connectivity index (χ4v) is 3.33. The van der Waals surface area contributed by atoms with Crippen LogP contribution < -0.4 is 9.47 Å². The predicted molar refractivity (Wildman–Crippen MR) is 96.4 cm³/mol. The molecule has 7 heteroatoms. The van der Waals surface area contributed by atoms with Crippen molar-refractivity contribution >= 4 is 5.97 Å². The number of hydrogen-bond donors (Lipinski definition) is 1. The van der Waals surface area contributed by atoms with Crippen molar-refractivity contribution in [1.82, 2.24) is 14.5 Å². The van der Waals surface area contributed by atoms with Crippen LogP contribution >= 0.6 is 0 Å². The quantitative estimate of drug-likeness (QED) is 0.818. The average Bonchev–Trinajstić information content (AvgIpc) is 3.11. The van der Waals surface area contributed by atoms with Crippen LogP contribution in [0.5, 0.6) is 11.5 Å². The van der Waals surface area contributed by atoms with Crippen LogP contribution in [0.25, 0.3) is 0 Å². The van der Waals surface area contributed by atoms with E-state index in [1.54, 1.807) is 25.4 Å². The second-order valence-corrected chi connectivity index (χ2v) is 6.46. The summed E-state index contributed by atoms with van der Waals surface area (Å²) in [6.45, 7) is 4.94. The number of nitrogens with zero attached hydrogens (tertiary/aromatic N) is 3. The fourth-order valence-electron chi connectivity index (χ4n) is 3.33. The SMILES string of the molecule is CCn1ccnc1CN1CCC(Oc2ccccc2OC)(C(=O)O)CC1. The highest BCUT2D eigenvalue weighted by molar-refractivity contribution is 5.78. The Labute approximate surface area is 153 Å². The molecule has 0 unspecified atom stereocenters. The number of ether oxygens (including phenoxy) is 2. The molecule has 1 N–H and O–H groups in total. The second-order valence-electron chi connectivity index (χ2n) is 6.46. The number of methoxy groups -OCH3 is 1. The van der Waals surface area contributed by atoms with Crippen molar-refractivity contribution in [3.8, 4) is 11.5 Å². The molecule has 1 saturated heterocycles. The molecular weight excluding hydrogens is 334 g/mol. The van der Waals surface area contributed by atoms with Crippen LogP contribution in [-0.2, 0) is 17.9 Å². The number of carboxylic acid groups (broad SMARTS) is 1. The van der Waals surface area contributed by atoms with E-state index in [9.17, 15) is 9.90 Å². The van der Waals surface area contributed by atoms with Gasteiger partial charge in [0.2, 0.25) is 5.60 Å². The molecule has 0 bridgehead atoms. The number of imidazole rings is 1. The zero-order chi connectivity index (χ0) is 18.6. The third kappa shape index (κ3) is 3.67. The highest BCUT2D eigenvalue weighted by Crippen LogP contribution is 2.34. The molecule has 1 aromatic heterocycles. The molecule has 2 aromatic rings. The van der Waals surface area contributed by atoms with Crippen molar-refractivity contribution in [3.63, 3.8) is 0 Å². The first-order valence-corrected chi connectivity index (χ1v) is 8.86. The minimum absolute atomic E-state index is 0.410. The Bertz CT molecular complexity index is 751. The number of piperidine rings is 1. The van der Waals surface area contributed by atoms with Gasteiger partial charge in [-0.2, -0.15) is 0 Å². The largest absolute Gasteiger partial charge is 0.493 e. The van der Waals surface area contributed by atoms with E-state index in [0.717, 1.165) is 12.4 Å². The van der Waals surface area contributed by atoms with Crippen LogP contribution in [0.2, 0.25) is 0 Å². The summed E-state index contributed by atoms with van der Waals surface area (Å²) in [5, 5.41) is 9.84. The van der Waals surface area contributed by atoms with Gasteiger partial charge in [0.15, 0.2) is 11.5 Å². The predicted octanol–water partition coefficient (Wildman–Crippen LogP) is 2.41. The third-order valence-electron chi connectivity index (χ3n) is 4.94. The Kier molecular flexibility index (Phi) is 5.46. The smallest absolute Gasteiger partial charge is 0.348 e. The minimum Gasteiger partial charge on any atom is -0.493 e. The van der Waals surface area contributed by atoms with Gasteiger partial charge < -0.3 is 19.1 Å². The third-order valence-corrected chi connectivity index (χ3v) is 4.94. The summed E-state index contributed by atoms with van der Waals surface area (Å²) >= 11 is 0. The lowest BCUT2D eigenvalue weighted by molar-refractivity contribution is -0.160. The van der Waals surface area contributed by atoms with Crippen LogP contribution in [0.4, 0.5) is 0 Å². The van der Waals surface area contributed by atoms with Gasteiger partial charge in [-0.05, 0) is 19.1 Å². The molecule has 1 aliphatic rings. The van der Waals surface area contributed by atoms with Gasteiger partial charge in [-0.25, -0.2) is 9.78 Å². The van der Waals surface area contributed by atoms with Crippen molar-refractivity contribution < 1.29 is 19.4 Å². The van der Waals surface area contributed by atoms with Crippen LogP contribution in [0.1, 0.15) is 25.6 Å². The lowest BCUT2D eigenvalue weighted by Crippen LogP contribution is -2.53. The number of para-hydroxylation sites is 2. The van der Waals surface area contributed by atoms with Gasteiger partial charge in [0, 0.05) is 44.9 Å². The Hall–Kier alpha value is -2.54. The Morgan fingerprint density at radius 2 is 1.96 bits per heavy atom. The molecule has 0 radical (unpaired) electrons. The molecule has 26 heavy (non-hydrogen) atoms. The van der Waals surface area contributed by atoms with Gasteiger partial charge in [0.05, 0.1) is 13.7 Å². The molecule has 0 saturated carbocycles. The molecule has 140 valence electrons. The van der Waals surface area contributed by atoms with Gasteiger partial charge in [0.1, 0.15) is 5.82 Å². The zero-order valence-electron chi connectivity index (χ0n) is 15.2. The van der Waals surface area contributed by atoms with Crippen molar-refractivity contribution in [2.75, 3.05) is 20.2 Å². The van der Waals surface area contributed by atoms with E-state index in [1.807, 2.05) is 18.3 Å². The van der Waals surface area contributed by atoms with E-state index < -0.39 is 11.6 Å². The first kappa shape index (κ1) is 18.3. The molecule has 0 spiro atoms. The number of carboxylic acids is 1. The Morgan fingerprint density at radius 3 is 2.58 bits per heavy atom. The van der Waals surface area contributed by atoms with E-state index in [4.69, 9.17) is 9.47 Å². The maximum atomic E-state index is 12.0. The van der Waals surface area contributed by atoms with Crippen LogP contribution in [0, 0.1) is 0 Å². The van der Waals surface area contributed by atoms with Crippen LogP contribution in [0.15, 0.2) is 36.7 Å². The summed E-state index contributed by atoms with van der Waals surface area (Å²) in [5.41, 5.74) is -1.23. The van der Waals surface area contributed by atoms with E-state index in [2.05, 4.69) is 21.4 Å². The van der Waals surface area contributed by atoms with Crippen LogP contribution in [-0.4, -0.2) is 51.3 Å². The molecule has 0 atom stereocenters. The zero-order valence-corrected chi connectivity index (χ0v) is 15.2. The maximum Gasteiger partial charge on any atom is 0.348 e. The van der Waals surface area contributed by atoms with Gasteiger partial charge in [-0.3, -0.25) is 4.90 Å². The summed E-state index contributed by atoms with van der Waals surface area (Å²) in [4.78, 5) is 18.6. The number of aliphatic carboxylic acids is 1. The number of aryl methyl sites for hydroxylation is 1. The molecule has 1 aliphatic heterocycles. The van der Waals surface area contributed by atoms with Gasteiger partial charge >= 0.3 is 5.97 Å². The van der Waals surface area contributed by atoms with E-state index in [1.165, 1.54) is 0 Å². The standard InChI is InChI=1S/C19H25N3O4/c1-3-22-13-10-20-17(22)14-21-11-8-19(9-12-21,18(23)24)26-16-7-5-4-6-15(16)25-2/h4-7,10,13H,3,8-9,11-12,14H2,1-2H3,(H,23,24). The Morgan fingerprint density at radius 1 is 1.27 bits per heavy atom. The highest BCUT2D eigenvalue weighted by atomic mass is 16.5. The first-order valence-electron chi connectivity index (χ1n) is 8.86. The molecule has 0 aliphatic carbocycles. The molecule has 2 heterocycles. The molecule has 1 fully saturated rings. The number of benzene rings is 1. The number of likely N-dealkylation sites (tertiary alicyclic amines) is 1. The highest BCUT2D eigenvalue weighted by Gasteiger charge is 2.44. The molecular formula is C19H25N3O4. The van der Waals surface area contributed by atoms with Crippen molar-refractivity contribution in [1.29, 1.82) is 0 Å². The summed E-state index contributed by atoms with van der Waals surface area (Å²) in [7, 11) is 1.55. The molecule has 3 rings (SSSR count). The van der Waals surface area contributed by atoms with Crippen molar-refractivity contribution in [3.05, 3.63) is 42.5 Å². The second kappa shape index (κ2) is 7.78. The number of hydrogen-bond acceptors (Lipinski definition) is 5. The molecule has 1 aromatic carbocycles. The van der Waals surface area contributed by atoms with Gasteiger partial charge in [-0.1, -0.05) is 12.1 Å². The van der Waals surface area contributed by atoms with Crippen LogP contribution in [0.3, 0.4) is 0 Å². The number of carbonyl (C=O) groups is 1. The topological polar surface area (TPSA) is 76.8 Å². The molecule has 0 amide bonds. The lowest BCUT2D eigenvalue weighted by atomic mass is 9.91. The average molecular weight is 359 g/mol. The van der Waals surface area contributed by atoms with Gasteiger partial charge in [0.25, 0.3) is 0 Å². The summed E-state index contributed by atoms with van der Waals surface area (Å²) in [6.07, 6.45) is 4.58. The summed E-state index contributed by atoms with van der Waals surface area (Å²) in [6, 6.07) is 7.16. The number of rotatable bonds is 7. The fraction of sp³-hybridized carbons (Fsp3) is 0.474. The first-order chi connectivity index (χ1) is 12.6. The normalized spacial score (nSPS) is 17.0. The van der Waals surface area contributed by atoms with Gasteiger partial charge in [-0.15, -0.1) is 0 Å². The monoisotopic (exact) mass is 359 g/mol. The van der Waals surface area contributed by atoms with Crippen molar-refractivity contribution in [2.24, 2.45) is 0 Å². The molecule has 7 nitrogen and oxygen atoms in total. The minimum atomic E-state index is -1.23. The Balaban J connectivity index is 1.70.